The first-order valence-corrected chi connectivity index (χ1v) is 11.0. The minimum atomic E-state index is -0.779. The van der Waals surface area contributed by atoms with Gasteiger partial charge >= 0.3 is 5.97 Å². The third-order valence-corrected chi connectivity index (χ3v) is 5.87. The number of esters is 1. The highest BCUT2D eigenvalue weighted by molar-refractivity contribution is 9.10. The van der Waals surface area contributed by atoms with Gasteiger partial charge < -0.3 is 13.6 Å². The lowest BCUT2D eigenvalue weighted by Crippen LogP contribution is -2.16. The van der Waals surface area contributed by atoms with E-state index >= 15 is 0 Å². The molecule has 0 aliphatic rings. The number of hydrogen-bond acceptors (Lipinski definition) is 5. The van der Waals surface area contributed by atoms with E-state index < -0.39 is 11.4 Å². The van der Waals surface area contributed by atoms with Crippen LogP contribution in [0.1, 0.15) is 48.0 Å². The van der Waals surface area contributed by atoms with Crippen molar-refractivity contribution in [2.45, 2.75) is 40.0 Å². The van der Waals surface area contributed by atoms with Gasteiger partial charge in [-0.1, -0.05) is 45.0 Å². The molecule has 0 unspecified atom stereocenters. The summed E-state index contributed by atoms with van der Waals surface area (Å²) in [5, 5.41) is 0.353. The summed E-state index contributed by atoms with van der Waals surface area (Å²) in [7, 11) is 0. The monoisotopic (exact) mass is 494 g/mol. The summed E-state index contributed by atoms with van der Waals surface area (Å²) in [6, 6.07) is 14.3. The van der Waals surface area contributed by atoms with Crippen molar-refractivity contribution in [3.8, 4) is 17.1 Å². The van der Waals surface area contributed by atoms with Crippen LogP contribution < -0.4 is 10.2 Å². The van der Waals surface area contributed by atoms with E-state index in [0.29, 0.717) is 21.2 Å². The van der Waals surface area contributed by atoms with Crippen LogP contribution in [0.2, 0.25) is 0 Å². The van der Waals surface area contributed by atoms with Gasteiger partial charge in [0, 0.05) is 5.56 Å². The number of hydrogen-bond donors (Lipinski definition) is 0. The van der Waals surface area contributed by atoms with Crippen molar-refractivity contribution in [1.29, 1.82) is 0 Å². The Bertz CT molecular complexity index is 1380. The Labute approximate surface area is 194 Å². The Morgan fingerprint density at radius 2 is 1.59 bits per heavy atom. The first kappa shape index (κ1) is 22.1. The zero-order chi connectivity index (χ0) is 23.2. The average molecular weight is 495 g/mol. The molecule has 2 heterocycles. The summed E-state index contributed by atoms with van der Waals surface area (Å²) in [6.07, 6.45) is 0. The Morgan fingerprint density at radius 3 is 2.19 bits per heavy atom. The standard InChI is InChI=1S/C26H23BrO5/c1-14-12-18-20(13-15(14)2)31-23(16-6-8-17(9-7-16)26(3,4)5)24(22(18)28)32-25(29)19-10-11-21(27)30-19/h6-13H,1-5H3. The lowest BCUT2D eigenvalue weighted by Gasteiger charge is -2.19. The normalized spacial score (nSPS) is 11.7. The molecule has 0 saturated carbocycles. The van der Waals surface area contributed by atoms with Crippen LogP contribution in [0.15, 0.2) is 66.8 Å². The molecule has 0 spiro atoms. The van der Waals surface area contributed by atoms with Crippen LogP contribution in [0.3, 0.4) is 0 Å². The molecule has 5 nitrogen and oxygen atoms in total. The maximum Gasteiger partial charge on any atom is 0.379 e. The van der Waals surface area contributed by atoms with Crippen LogP contribution >= 0.6 is 15.9 Å². The SMILES string of the molecule is Cc1cc2oc(-c3ccc(C(C)(C)C)cc3)c(OC(=O)c3ccc(Br)o3)c(=O)c2cc1C. The van der Waals surface area contributed by atoms with Crippen LogP contribution in [-0.2, 0) is 5.41 Å². The largest absolute Gasteiger partial charge is 0.452 e. The fraction of sp³-hybridized carbons (Fsp3) is 0.231. The lowest BCUT2D eigenvalue weighted by molar-refractivity contribution is 0.0696. The van der Waals surface area contributed by atoms with Crippen LogP contribution in [-0.4, -0.2) is 5.97 Å². The first-order valence-electron chi connectivity index (χ1n) is 10.2. The minimum absolute atomic E-state index is 0.0227. The summed E-state index contributed by atoms with van der Waals surface area (Å²) >= 11 is 3.17. The maximum atomic E-state index is 13.4. The third-order valence-electron chi connectivity index (χ3n) is 5.45. The Morgan fingerprint density at radius 1 is 0.938 bits per heavy atom. The van der Waals surface area contributed by atoms with Crippen molar-refractivity contribution >= 4 is 32.9 Å². The third kappa shape index (κ3) is 4.15. The highest BCUT2D eigenvalue weighted by atomic mass is 79.9. The average Bonchev–Trinajstić information content (AvgIpc) is 3.17. The van der Waals surface area contributed by atoms with Crippen molar-refractivity contribution < 1.29 is 18.4 Å². The summed E-state index contributed by atoms with van der Waals surface area (Å²) in [5.41, 5.74) is 3.71. The van der Waals surface area contributed by atoms with Crippen molar-refractivity contribution in [3.05, 3.63) is 85.9 Å². The summed E-state index contributed by atoms with van der Waals surface area (Å²) in [6.45, 7) is 10.2. The Hall–Kier alpha value is -3.12. The molecule has 0 atom stereocenters. The van der Waals surface area contributed by atoms with E-state index in [-0.39, 0.29) is 22.7 Å². The molecule has 0 bridgehead atoms. The van der Waals surface area contributed by atoms with Crippen LogP contribution in [0.25, 0.3) is 22.3 Å². The number of benzene rings is 2. The molecule has 0 amide bonds. The van der Waals surface area contributed by atoms with Gasteiger partial charge in [0.25, 0.3) is 0 Å². The molecule has 0 aliphatic heterocycles. The molecule has 4 rings (SSSR count). The number of halogens is 1. The molecule has 6 heteroatoms. The number of carbonyl (C=O) groups excluding carboxylic acids is 1. The van der Waals surface area contributed by atoms with E-state index in [4.69, 9.17) is 13.6 Å². The van der Waals surface area contributed by atoms with Gasteiger partial charge in [-0.05, 0) is 76.1 Å². The molecule has 32 heavy (non-hydrogen) atoms. The quantitative estimate of drug-likeness (QED) is 0.288. The topological polar surface area (TPSA) is 69.7 Å². The smallest absolute Gasteiger partial charge is 0.379 e. The molecule has 0 N–H and O–H groups in total. The fourth-order valence-corrected chi connectivity index (χ4v) is 3.71. The van der Waals surface area contributed by atoms with E-state index in [1.165, 1.54) is 6.07 Å². The second-order valence-electron chi connectivity index (χ2n) is 8.84. The molecule has 0 aliphatic carbocycles. The van der Waals surface area contributed by atoms with Gasteiger partial charge in [-0.2, -0.15) is 0 Å². The molecule has 2 aromatic heterocycles. The molecule has 2 aromatic carbocycles. The highest BCUT2D eigenvalue weighted by Gasteiger charge is 2.24. The highest BCUT2D eigenvalue weighted by Crippen LogP contribution is 2.34. The molecule has 0 fully saturated rings. The zero-order valence-electron chi connectivity index (χ0n) is 18.5. The van der Waals surface area contributed by atoms with E-state index in [1.807, 2.05) is 44.2 Å². The van der Waals surface area contributed by atoms with Crippen molar-refractivity contribution in [2.75, 3.05) is 0 Å². The van der Waals surface area contributed by atoms with Crippen LogP contribution in [0, 0.1) is 13.8 Å². The summed E-state index contributed by atoms with van der Waals surface area (Å²) in [5.74, 6) is -0.767. The van der Waals surface area contributed by atoms with Crippen molar-refractivity contribution in [3.63, 3.8) is 0 Å². The van der Waals surface area contributed by atoms with E-state index in [2.05, 4.69) is 36.7 Å². The van der Waals surface area contributed by atoms with Gasteiger partial charge in [0.1, 0.15) is 5.58 Å². The predicted molar refractivity (Wildman–Crippen MR) is 127 cm³/mol. The second-order valence-corrected chi connectivity index (χ2v) is 9.62. The molecule has 0 saturated heterocycles. The van der Waals surface area contributed by atoms with E-state index in [0.717, 1.165) is 16.7 Å². The second kappa shape index (κ2) is 8.10. The number of rotatable bonds is 3. The molecule has 0 radical (unpaired) electrons. The number of aryl methyl sites for hydroxylation is 2. The van der Waals surface area contributed by atoms with Crippen molar-refractivity contribution in [1.82, 2.24) is 0 Å². The first-order chi connectivity index (χ1) is 15.0. The van der Waals surface area contributed by atoms with E-state index in [9.17, 15) is 9.59 Å². The van der Waals surface area contributed by atoms with Gasteiger partial charge in [-0.25, -0.2) is 4.79 Å². The minimum Gasteiger partial charge on any atom is -0.452 e. The summed E-state index contributed by atoms with van der Waals surface area (Å²) < 4.78 is 17.4. The van der Waals surface area contributed by atoms with Crippen LogP contribution in [0.4, 0.5) is 0 Å². The Balaban J connectivity index is 1.91. The zero-order valence-corrected chi connectivity index (χ0v) is 20.1. The fourth-order valence-electron chi connectivity index (χ4n) is 3.40. The van der Waals surface area contributed by atoms with Gasteiger partial charge in [0.05, 0.1) is 5.39 Å². The summed E-state index contributed by atoms with van der Waals surface area (Å²) in [4.78, 5) is 26.1. The lowest BCUT2D eigenvalue weighted by atomic mass is 9.86. The number of ether oxygens (including phenoxy) is 1. The molecular weight excluding hydrogens is 472 g/mol. The predicted octanol–water partition coefficient (Wildman–Crippen LogP) is 6.95. The van der Waals surface area contributed by atoms with Crippen LogP contribution in [0.5, 0.6) is 5.75 Å². The molecule has 164 valence electrons. The number of carbonyl (C=O) groups is 1. The Kier molecular flexibility index (Phi) is 5.59. The van der Waals surface area contributed by atoms with Gasteiger partial charge in [0.15, 0.2) is 10.4 Å². The van der Waals surface area contributed by atoms with Gasteiger partial charge in [0.2, 0.25) is 16.9 Å². The number of fused-ring (bicyclic) bond motifs is 1. The van der Waals surface area contributed by atoms with Crippen molar-refractivity contribution in [2.24, 2.45) is 0 Å². The number of furan rings is 1. The maximum absolute atomic E-state index is 13.4. The van der Waals surface area contributed by atoms with Gasteiger partial charge in [-0.3, -0.25) is 4.79 Å². The molecular formula is C26H23BrO5. The molecule has 4 aromatic rings. The van der Waals surface area contributed by atoms with Gasteiger partial charge in [-0.15, -0.1) is 0 Å². The van der Waals surface area contributed by atoms with E-state index in [1.54, 1.807) is 12.1 Å².